The van der Waals surface area contributed by atoms with Gasteiger partial charge in [-0.3, -0.25) is 9.69 Å². The van der Waals surface area contributed by atoms with Crippen LogP contribution >= 0.6 is 0 Å². The van der Waals surface area contributed by atoms with Crippen LogP contribution in [-0.4, -0.2) is 40.0 Å². The number of phenols is 2. The first kappa shape index (κ1) is 13.9. The number of phenolic OH excluding ortho intramolecular Hbond substituents is 2. The van der Waals surface area contributed by atoms with Crippen LogP contribution in [0.4, 0.5) is 0 Å². The highest BCUT2D eigenvalue weighted by atomic mass is 16.3. The third kappa shape index (κ3) is 3.26. The van der Waals surface area contributed by atoms with Crippen LogP contribution in [0.3, 0.4) is 0 Å². The summed E-state index contributed by atoms with van der Waals surface area (Å²) in [7, 11) is 0. The van der Waals surface area contributed by atoms with Crippen molar-refractivity contribution in [3.05, 3.63) is 23.8 Å². The van der Waals surface area contributed by atoms with Gasteiger partial charge in [0.1, 0.15) is 0 Å². The molecular formula is C15H21NO3. The van der Waals surface area contributed by atoms with Crippen LogP contribution in [0.25, 0.3) is 0 Å². The molecule has 1 saturated heterocycles. The molecule has 1 aromatic rings. The fourth-order valence-corrected chi connectivity index (χ4v) is 2.70. The van der Waals surface area contributed by atoms with E-state index in [1.54, 1.807) is 6.07 Å². The topological polar surface area (TPSA) is 60.8 Å². The van der Waals surface area contributed by atoms with Gasteiger partial charge >= 0.3 is 0 Å². The second kappa shape index (κ2) is 6.06. The Morgan fingerprint density at radius 3 is 2.79 bits per heavy atom. The van der Waals surface area contributed by atoms with Crippen molar-refractivity contribution < 1.29 is 15.0 Å². The smallest absolute Gasteiger partial charge is 0.176 e. The van der Waals surface area contributed by atoms with E-state index in [0.29, 0.717) is 18.2 Å². The van der Waals surface area contributed by atoms with Gasteiger partial charge in [0.05, 0.1) is 6.54 Å². The molecule has 0 spiro atoms. The molecule has 0 aliphatic carbocycles. The maximum absolute atomic E-state index is 12.2. The summed E-state index contributed by atoms with van der Waals surface area (Å²) < 4.78 is 0. The highest BCUT2D eigenvalue weighted by molar-refractivity contribution is 5.98. The number of carbonyl (C=O) groups excluding carboxylic acids is 1. The van der Waals surface area contributed by atoms with Gasteiger partial charge in [-0.1, -0.05) is 13.3 Å². The third-order valence-electron chi connectivity index (χ3n) is 3.86. The lowest BCUT2D eigenvalue weighted by atomic mass is 9.99. The molecule has 0 bridgehead atoms. The number of rotatable bonds is 4. The zero-order chi connectivity index (χ0) is 13.8. The largest absolute Gasteiger partial charge is 0.504 e. The molecule has 1 heterocycles. The highest BCUT2D eigenvalue weighted by Gasteiger charge is 2.23. The standard InChI is InChI=1S/C15H21NO3/c1-2-12-5-3-4-8-16(12)10-15(19)11-6-7-13(17)14(18)9-11/h6-7,9,12,17-18H,2-5,8,10H2,1H3. The molecule has 0 saturated carbocycles. The first-order chi connectivity index (χ1) is 9.11. The first-order valence-electron chi connectivity index (χ1n) is 6.91. The molecule has 4 heteroatoms. The molecule has 1 unspecified atom stereocenters. The Morgan fingerprint density at radius 1 is 1.32 bits per heavy atom. The molecule has 1 atom stereocenters. The molecule has 1 aliphatic rings. The van der Waals surface area contributed by atoms with Crippen LogP contribution in [-0.2, 0) is 0 Å². The van der Waals surface area contributed by atoms with E-state index in [1.807, 2.05) is 0 Å². The van der Waals surface area contributed by atoms with Crippen LogP contribution in [0.2, 0.25) is 0 Å². The number of hydrogen-bond acceptors (Lipinski definition) is 4. The van der Waals surface area contributed by atoms with Gasteiger partial charge in [0.2, 0.25) is 0 Å². The Labute approximate surface area is 113 Å². The fourth-order valence-electron chi connectivity index (χ4n) is 2.70. The number of Topliss-reactive ketones (excluding diaryl/α,β-unsaturated/α-hetero) is 1. The molecule has 104 valence electrons. The van der Waals surface area contributed by atoms with E-state index in [2.05, 4.69) is 11.8 Å². The van der Waals surface area contributed by atoms with Crippen molar-refractivity contribution >= 4 is 5.78 Å². The molecule has 1 aliphatic heterocycles. The fraction of sp³-hybridized carbons (Fsp3) is 0.533. The highest BCUT2D eigenvalue weighted by Crippen LogP contribution is 2.26. The average molecular weight is 263 g/mol. The Balaban J connectivity index is 2.05. The molecule has 19 heavy (non-hydrogen) atoms. The summed E-state index contributed by atoms with van der Waals surface area (Å²) in [5.74, 6) is -0.437. The quantitative estimate of drug-likeness (QED) is 0.647. The van der Waals surface area contributed by atoms with Crippen molar-refractivity contribution in [2.24, 2.45) is 0 Å². The maximum Gasteiger partial charge on any atom is 0.176 e. The molecule has 0 radical (unpaired) electrons. The van der Waals surface area contributed by atoms with Gasteiger partial charge in [0.15, 0.2) is 17.3 Å². The summed E-state index contributed by atoms with van der Waals surface area (Å²) in [6, 6.07) is 4.74. The van der Waals surface area contributed by atoms with E-state index in [1.165, 1.54) is 18.6 Å². The SMILES string of the molecule is CCC1CCCCN1CC(=O)c1ccc(O)c(O)c1. The lowest BCUT2D eigenvalue weighted by Gasteiger charge is -2.34. The second-order valence-electron chi connectivity index (χ2n) is 5.15. The first-order valence-corrected chi connectivity index (χ1v) is 6.91. The minimum Gasteiger partial charge on any atom is -0.504 e. The minimum atomic E-state index is -0.239. The van der Waals surface area contributed by atoms with Crippen molar-refractivity contribution in [2.45, 2.75) is 38.6 Å². The molecule has 1 fully saturated rings. The van der Waals surface area contributed by atoms with Crippen LogP contribution < -0.4 is 0 Å². The Bertz CT molecular complexity index is 459. The third-order valence-corrected chi connectivity index (χ3v) is 3.86. The van der Waals surface area contributed by atoms with Gasteiger partial charge in [-0.2, -0.15) is 0 Å². The molecule has 0 aromatic heterocycles. The Morgan fingerprint density at radius 2 is 2.11 bits per heavy atom. The zero-order valence-electron chi connectivity index (χ0n) is 11.3. The predicted octanol–water partition coefficient (Wildman–Crippen LogP) is 2.55. The van der Waals surface area contributed by atoms with Crippen LogP contribution in [0, 0.1) is 0 Å². The van der Waals surface area contributed by atoms with Gasteiger partial charge in [0.25, 0.3) is 0 Å². The molecule has 2 N–H and O–H groups in total. The van der Waals surface area contributed by atoms with Gasteiger partial charge in [-0.05, 0) is 44.0 Å². The van der Waals surface area contributed by atoms with Gasteiger partial charge in [-0.15, -0.1) is 0 Å². The lowest BCUT2D eigenvalue weighted by Crippen LogP contribution is -2.42. The summed E-state index contributed by atoms with van der Waals surface area (Å²) in [4.78, 5) is 14.4. The molecule has 4 nitrogen and oxygen atoms in total. The van der Waals surface area contributed by atoms with E-state index >= 15 is 0 Å². The van der Waals surface area contributed by atoms with E-state index in [4.69, 9.17) is 0 Å². The van der Waals surface area contributed by atoms with Gasteiger partial charge in [0, 0.05) is 11.6 Å². The number of nitrogens with zero attached hydrogens (tertiary/aromatic N) is 1. The summed E-state index contributed by atoms with van der Waals surface area (Å²) in [5, 5.41) is 18.7. The summed E-state index contributed by atoms with van der Waals surface area (Å²) in [6.07, 6.45) is 4.60. The summed E-state index contributed by atoms with van der Waals surface area (Å²) in [6.45, 7) is 3.51. The van der Waals surface area contributed by atoms with E-state index in [9.17, 15) is 15.0 Å². The average Bonchev–Trinajstić information content (AvgIpc) is 2.42. The number of likely N-dealkylation sites (tertiary alicyclic amines) is 1. The molecule has 2 rings (SSSR count). The minimum absolute atomic E-state index is 0.00403. The van der Waals surface area contributed by atoms with E-state index in [0.717, 1.165) is 25.8 Å². The number of hydrogen-bond donors (Lipinski definition) is 2. The number of benzene rings is 1. The van der Waals surface area contributed by atoms with Crippen molar-refractivity contribution in [2.75, 3.05) is 13.1 Å². The Hall–Kier alpha value is -1.55. The van der Waals surface area contributed by atoms with Crippen LogP contribution in [0.15, 0.2) is 18.2 Å². The number of ketones is 1. The van der Waals surface area contributed by atoms with Gasteiger partial charge in [-0.25, -0.2) is 0 Å². The monoisotopic (exact) mass is 263 g/mol. The number of aromatic hydroxyl groups is 2. The van der Waals surface area contributed by atoms with Crippen molar-refractivity contribution in [3.63, 3.8) is 0 Å². The number of carbonyl (C=O) groups is 1. The van der Waals surface area contributed by atoms with Crippen molar-refractivity contribution in [1.29, 1.82) is 0 Å². The number of piperidine rings is 1. The predicted molar refractivity (Wildman–Crippen MR) is 73.6 cm³/mol. The van der Waals surface area contributed by atoms with Crippen LogP contribution in [0.1, 0.15) is 43.0 Å². The Kier molecular flexibility index (Phi) is 4.43. The van der Waals surface area contributed by atoms with E-state index in [-0.39, 0.29) is 17.3 Å². The van der Waals surface area contributed by atoms with Gasteiger partial charge < -0.3 is 10.2 Å². The maximum atomic E-state index is 12.2. The lowest BCUT2D eigenvalue weighted by molar-refractivity contribution is 0.0838. The molecule has 1 aromatic carbocycles. The van der Waals surface area contributed by atoms with E-state index < -0.39 is 0 Å². The molecule has 0 amide bonds. The zero-order valence-corrected chi connectivity index (χ0v) is 11.3. The van der Waals surface area contributed by atoms with Crippen molar-refractivity contribution in [1.82, 2.24) is 4.90 Å². The summed E-state index contributed by atoms with van der Waals surface area (Å²) in [5.41, 5.74) is 0.454. The van der Waals surface area contributed by atoms with Crippen molar-refractivity contribution in [3.8, 4) is 11.5 Å². The normalized spacial score (nSPS) is 20.4. The molecular weight excluding hydrogens is 242 g/mol. The summed E-state index contributed by atoms with van der Waals surface area (Å²) >= 11 is 0. The van der Waals surface area contributed by atoms with Crippen LogP contribution in [0.5, 0.6) is 11.5 Å². The second-order valence-corrected chi connectivity index (χ2v) is 5.15.